The highest BCUT2D eigenvalue weighted by atomic mass is 32.2. The Morgan fingerprint density at radius 2 is 2.00 bits per heavy atom. The first kappa shape index (κ1) is 15.6. The summed E-state index contributed by atoms with van der Waals surface area (Å²) in [6, 6.07) is 3.06. The van der Waals surface area contributed by atoms with Crippen LogP contribution in [-0.2, 0) is 4.79 Å². The van der Waals surface area contributed by atoms with E-state index < -0.39 is 29.6 Å². The van der Waals surface area contributed by atoms with E-state index in [1.165, 1.54) is 13.0 Å². The van der Waals surface area contributed by atoms with Gasteiger partial charge in [0.25, 0.3) is 0 Å². The fourth-order valence-electron chi connectivity index (χ4n) is 1.41. The Bertz CT molecular complexity index is 491. The van der Waals surface area contributed by atoms with Crippen LogP contribution in [-0.4, -0.2) is 38.3 Å². The first-order valence-electron chi connectivity index (χ1n) is 5.35. The number of carboxylic acid groups (broad SMARTS) is 1. The number of aliphatic hydroxyl groups is 2. The molecule has 0 saturated carbocycles. The van der Waals surface area contributed by atoms with Crippen molar-refractivity contribution < 1.29 is 29.3 Å². The zero-order valence-electron chi connectivity index (χ0n) is 10.0. The summed E-state index contributed by atoms with van der Waals surface area (Å²) >= 11 is 0.837. The lowest BCUT2D eigenvalue weighted by Crippen LogP contribution is -2.21. The largest absolute Gasteiger partial charge is 0.478 e. The molecule has 0 aliphatic rings. The Morgan fingerprint density at radius 3 is 2.53 bits per heavy atom. The Hall–Kier alpha value is -1.44. The Morgan fingerprint density at radius 1 is 1.37 bits per heavy atom. The quantitative estimate of drug-likeness (QED) is 0.753. The Balaban J connectivity index is 2.87. The third kappa shape index (κ3) is 4.30. The molecule has 0 aliphatic carbocycles. The molecule has 3 N–H and O–H groups in total. The highest BCUT2D eigenvalue weighted by Crippen LogP contribution is 2.22. The normalized spacial score (nSPS) is 13.9. The van der Waals surface area contributed by atoms with Gasteiger partial charge in [0, 0.05) is 12.7 Å². The lowest BCUT2D eigenvalue weighted by atomic mass is 10.0. The van der Waals surface area contributed by atoms with E-state index in [4.69, 9.17) is 5.11 Å². The standard InChI is InChI=1S/C12H13FO5S/c1-6(14)19-5-10(15)11(16)7-2-3-9(13)8(4-7)12(17)18/h2-4,10-11,15-16H,5H2,1H3,(H,17,18). The second kappa shape index (κ2) is 6.65. The highest BCUT2D eigenvalue weighted by molar-refractivity contribution is 8.13. The molecule has 1 rings (SSSR count). The Kier molecular flexibility index (Phi) is 5.46. The molecule has 0 fully saturated rings. The molecule has 19 heavy (non-hydrogen) atoms. The van der Waals surface area contributed by atoms with Crippen molar-refractivity contribution in [1.82, 2.24) is 0 Å². The van der Waals surface area contributed by atoms with Gasteiger partial charge in [0.2, 0.25) is 0 Å². The van der Waals surface area contributed by atoms with Crippen LogP contribution in [0.1, 0.15) is 28.9 Å². The molecule has 0 aliphatic heterocycles. The zero-order chi connectivity index (χ0) is 14.6. The highest BCUT2D eigenvalue weighted by Gasteiger charge is 2.21. The number of aliphatic hydroxyl groups excluding tert-OH is 2. The SMILES string of the molecule is CC(=O)SCC(O)C(O)c1ccc(F)c(C(=O)O)c1. The third-order valence-corrected chi connectivity index (χ3v) is 3.30. The second-order valence-electron chi connectivity index (χ2n) is 3.86. The van der Waals surface area contributed by atoms with E-state index >= 15 is 0 Å². The molecule has 0 saturated heterocycles. The average Bonchev–Trinajstić information content (AvgIpc) is 2.35. The molecule has 0 aromatic heterocycles. The van der Waals surface area contributed by atoms with Gasteiger partial charge in [-0.25, -0.2) is 9.18 Å². The van der Waals surface area contributed by atoms with Crippen molar-refractivity contribution in [1.29, 1.82) is 0 Å². The second-order valence-corrected chi connectivity index (χ2v) is 5.06. The molecule has 104 valence electrons. The predicted molar refractivity (Wildman–Crippen MR) is 67.5 cm³/mol. The molecule has 1 aromatic carbocycles. The summed E-state index contributed by atoms with van der Waals surface area (Å²) < 4.78 is 13.2. The molecule has 0 heterocycles. The lowest BCUT2D eigenvalue weighted by Gasteiger charge is -2.17. The minimum atomic E-state index is -1.46. The van der Waals surface area contributed by atoms with E-state index in [-0.39, 0.29) is 16.4 Å². The molecule has 2 atom stereocenters. The van der Waals surface area contributed by atoms with Crippen LogP contribution in [0, 0.1) is 5.82 Å². The fourth-order valence-corrected chi connectivity index (χ4v) is 1.99. The average molecular weight is 288 g/mol. The third-order valence-electron chi connectivity index (χ3n) is 2.38. The topological polar surface area (TPSA) is 94.8 Å². The van der Waals surface area contributed by atoms with Gasteiger partial charge in [0.1, 0.15) is 11.9 Å². The van der Waals surface area contributed by atoms with E-state index in [1.807, 2.05) is 0 Å². The zero-order valence-corrected chi connectivity index (χ0v) is 10.9. The summed E-state index contributed by atoms with van der Waals surface area (Å²) in [5.74, 6) is -2.41. The van der Waals surface area contributed by atoms with Crippen LogP contribution in [0.4, 0.5) is 4.39 Å². The van der Waals surface area contributed by atoms with Gasteiger partial charge in [-0.15, -0.1) is 0 Å². The first-order chi connectivity index (χ1) is 8.82. The maximum Gasteiger partial charge on any atom is 0.338 e. The van der Waals surface area contributed by atoms with Crippen molar-refractivity contribution in [3.8, 4) is 0 Å². The van der Waals surface area contributed by atoms with E-state index in [0.717, 1.165) is 23.9 Å². The smallest absolute Gasteiger partial charge is 0.338 e. The van der Waals surface area contributed by atoms with Gasteiger partial charge in [0.15, 0.2) is 5.12 Å². The summed E-state index contributed by atoms with van der Waals surface area (Å²) in [6.07, 6.45) is -2.63. The van der Waals surface area contributed by atoms with Crippen molar-refractivity contribution in [2.24, 2.45) is 0 Å². The molecule has 0 radical (unpaired) electrons. The molecule has 0 amide bonds. The van der Waals surface area contributed by atoms with Crippen molar-refractivity contribution in [3.05, 3.63) is 35.1 Å². The number of carbonyl (C=O) groups excluding carboxylic acids is 1. The number of carbonyl (C=O) groups is 2. The molecule has 7 heteroatoms. The number of rotatable bonds is 5. The minimum Gasteiger partial charge on any atom is -0.478 e. The van der Waals surface area contributed by atoms with Gasteiger partial charge in [-0.1, -0.05) is 17.8 Å². The number of hydrogen-bond donors (Lipinski definition) is 3. The summed E-state index contributed by atoms with van der Waals surface area (Å²) in [7, 11) is 0. The van der Waals surface area contributed by atoms with E-state index in [0.29, 0.717) is 0 Å². The lowest BCUT2D eigenvalue weighted by molar-refractivity contribution is -0.109. The molecular weight excluding hydrogens is 275 g/mol. The summed E-state index contributed by atoms with van der Waals surface area (Å²) in [5, 5.41) is 28.0. The van der Waals surface area contributed by atoms with Crippen LogP contribution >= 0.6 is 11.8 Å². The van der Waals surface area contributed by atoms with Crippen LogP contribution in [0.2, 0.25) is 0 Å². The Labute approximate surface area is 113 Å². The fraction of sp³-hybridized carbons (Fsp3) is 0.333. The monoisotopic (exact) mass is 288 g/mol. The maximum atomic E-state index is 13.2. The van der Waals surface area contributed by atoms with Crippen LogP contribution < -0.4 is 0 Å². The maximum absolute atomic E-state index is 13.2. The molecule has 1 aromatic rings. The number of benzene rings is 1. The van der Waals surface area contributed by atoms with E-state index in [9.17, 15) is 24.2 Å². The van der Waals surface area contributed by atoms with Crippen LogP contribution in [0.25, 0.3) is 0 Å². The number of carboxylic acids is 1. The van der Waals surface area contributed by atoms with Gasteiger partial charge in [0.05, 0.1) is 11.7 Å². The van der Waals surface area contributed by atoms with Gasteiger partial charge in [-0.2, -0.15) is 0 Å². The summed E-state index contributed by atoms with van der Waals surface area (Å²) in [4.78, 5) is 21.5. The van der Waals surface area contributed by atoms with Crippen LogP contribution in [0.3, 0.4) is 0 Å². The van der Waals surface area contributed by atoms with Gasteiger partial charge in [-0.3, -0.25) is 4.79 Å². The van der Waals surface area contributed by atoms with Gasteiger partial charge >= 0.3 is 5.97 Å². The predicted octanol–water partition coefficient (Wildman–Crippen LogP) is 1.20. The summed E-state index contributed by atoms with van der Waals surface area (Å²) in [6.45, 7) is 1.32. The molecular formula is C12H13FO5S. The first-order valence-corrected chi connectivity index (χ1v) is 6.33. The van der Waals surface area contributed by atoms with Gasteiger partial charge in [-0.05, 0) is 17.7 Å². The number of thioether (sulfide) groups is 1. The van der Waals surface area contributed by atoms with Crippen molar-refractivity contribution in [2.75, 3.05) is 5.75 Å². The van der Waals surface area contributed by atoms with Crippen LogP contribution in [0.5, 0.6) is 0 Å². The number of hydrogen-bond acceptors (Lipinski definition) is 5. The molecule has 0 spiro atoms. The minimum absolute atomic E-state index is 0.0315. The van der Waals surface area contributed by atoms with Crippen molar-refractivity contribution >= 4 is 22.8 Å². The van der Waals surface area contributed by atoms with Gasteiger partial charge < -0.3 is 15.3 Å². The summed E-state index contributed by atoms with van der Waals surface area (Å²) in [5.41, 5.74) is -0.501. The van der Waals surface area contributed by atoms with E-state index in [2.05, 4.69) is 0 Å². The van der Waals surface area contributed by atoms with Crippen LogP contribution in [0.15, 0.2) is 18.2 Å². The number of aromatic carboxylic acids is 1. The molecule has 2 unspecified atom stereocenters. The molecule has 5 nitrogen and oxygen atoms in total. The number of halogens is 1. The molecule has 0 bridgehead atoms. The van der Waals surface area contributed by atoms with E-state index in [1.54, 1.807) is 0 Å². The van der Waals surface area contributed by atoms with Crippen molar-refractivity contribution in [3.63, 3.8) is 0 Å². The van der Waals surface area contributed by atoms with Crippen molar-refractivity contribution in [2.45, 2.75) is 19.1 Å².